The lowest BCUT2D eigenvalue weighted by Crippen LogP contribution is -2.49. The molecule has 3 heterocycles. The lowest BCUT2D eigenvalue weighted by molar-refractivity contribution is -0.172. The van der Waals surface area contributed by atoms with E-state index in [1.165, 1.54) is 51.4 Å². The molecule has 2 aliphatic rings. The van der Waals surface area contributed by atoms with E-state index in [1.54, 1.807) is 10.6 Å². The van der Waals surface area contributed by atoms with Gasteiger partial charge in [0.05, 0.1) is 31.6 Å². The fourth-order valence-electron chi connectivity index (χ4n) is 11.1. The molecule has 13 heteroatoms. The summed E-state index contributed by atoms with van der Waals surface area (Å²) in [6.07, 6.45) is 27.8. The molecule has 1 aromatic rings. The van der Waals surface area contributed by atoms with Gasteiger partial charge >= 0.3 is 17.6 Å². The number of aryl methyl sites for hydroxylation is 1. The summed E-state index contributed by atoms with van der Waals surface area (Å²) in [5.41, 5.74) is 3.02. The summed E-state index contributed by atoms with van der Waals surface area (Å²) in [5.74, 6) is -1.31. The monoisotopic (exact) mass is 1030 g/mol. The van der Waals surface area contributed by atoms with Gasteiger partial charge in [-0.15, -0.1) is 0 Å². The molecule has 71 heavy (non-hydrogen) atoms. The average molecular weight is 1030 g/mol. The van der Waals surface area contributed by atoms with Gasteiger partial charge < -0.3 is 27.8 Å². The van der Waals surface area contributed by atoms with Gasteiger partial charge in [-0.3, -0.25) is 9.36 Å². The van der Waals surface area contributed by atoms with E-state index in [2.05, 4.69) is 113 Å². The summed E-state index contributed by atoms with van der Waals surface area (Å²) in [6.45, 7) is 34.9. The van der Waals surface area contributed by atoms with E-state index >= 15 is 0 Å². The molecule has 1 saturated heterocycles. The maximum Gasteiger partial charge on any atom is 0.348 e. The van der Waals surface area contributed by atoms with Gasteiger partial charge in [-0.05, 0) is 99.5 Å². The normalized spacial score (nSPS) is 17.2. The van der Waals surface area contributed by atoms with Crippen molar-refractivity contribution in [3.05, 3.63) is 52.2 Å². The zero-order valence-corrected chi connectivity index (χ0v) is 49.6. The number of fused-ring (bicyclic) bond motifs is 1. The van der Waals surface area contributed by atoms with E-state index in [0.29, 0.717) is 92.8 Å². The Balaban J connectivity index is 1.62. The molecule has 0 bridgehead atoms. The molecule has 0 amide bonds. The second kappa shape index (κ2) is 31.5. The van der Waals surface area contributed by atoms with Crippen molar-refractivity contribution >= 4 is 28.6 Å². The third-order valence-electron chi connectivity index (χ3n) is 15.9. The lowest BCUT2D eigenvalue weighted by atomic mass is 9.99. The summed E-state index contributed by atoms with van der Waals surface area (Å²) in [6, 6.07) is -0.205. The number of hydrogen-bond acceptors (Lipinski definition) is 10. The fraction of sp³-hybridized carbons (Fsp3) is 0.828. The van der Waals surface area contributed by atoms with Crippen LogP contribution in [-0.2, 0) is 45.4 Å². The number of ether oxygens (including phenoxy) is 4. The molecule has 11 nitrogen and oxygen atoms in total. The highest BCUT2D eigenvalue weighted by Gasteiger charge is 2.46. The van der Waals surface area contributed by atoms with Gasteiger partial charge in [0.25, 0.3) is 0 Å². The Morgan fingerprint density at radius 2 is 1.39 bits per heavy atom. The summed E-state index contributed by atoms with van der Waals surface area (Å²) < 4.78 is 39.5. The topological polar surface area (TPSA) is 124 Å². The second-order valence-electron chi connectivity index (χ2n) is 23.4. The van der Waals surface area contributed by atoms with Gasteiger partial charge in [0.1, 0.15) is 12.2 Å². The first-order valence-corrected chi connectivity index (χ1v) is 33.6. The molecule has 3 atom stereocenters. The predicted molar refractivity (Wildman–Crippen MR) is 296 cm³/mol. The standard InChI is InChI=1S/C58H104N2O9Si2/c1-15-40-64-53(61)36-28-26-24-22-20-18-17-19-21-23-25-27-31-41-65-55(62)54-51(35-32-33-48(9)68-70(13,14)57(10,11)12)59-56(63)60-49(37-38-52(54)60)44-58(66-42-43-67-58)39-30-29-34-50(16-2)69-71(45(3)4,46(5)6)47(7)8/h15,29,34,45-50H,1,16-28,30-33,35-44H2,2-14H3. The zero-order chi connectivity index (χ0) is 52.7. The van der Waals surface area contributed by atoms with Crippen molar-refractivity contribution in [2.75, 3.05) is 26.4 Å². The van der Waals surface area contributed by atoms with Crippen LogP contribution < -0.4 is 5.69 Å². The Hall–Kier alpha value is -2.43. The predicted octanol–water partition coefficient (Wildman–Crippen LogP) is 15.3. The molecule has 3 rings (SSSR count). The minimum Gasteiger partial charge on any atom is -0.462 e. The molecule has 408 valence electrons. The van der Waals surface area contributed by atoms with Crippen LogP contribution in [0.2, 0.25) is 34.8 Å². The van der Waals surface area contributed by atoms with Gasteiger partial charge in [-0.2, -0.15) is 4.98 Å². The first kappa shape index (κ1) is 62.9. The smallest absolute Gasteiger partial charge is 0.348 e. The summed E-state index contributed by atoms with van der Waals surface area (Å²) in [4.78, 5) is 44.6. The van der Waals surface area contributed by atoms with Crippen LogP contribution >= 0.6 is 0 Å². The molecule has 0 aliphatic carbocycles. The van der Waals surface area contributed by atoms with Crippen LogP contribution in [0.3, 0.4) is 0 Å². The summed E-state index contributed by atoms with van der Waals surface area (Å²) >= 11 is 0. The van der Waals surface area contributed by atoms with Gasteiger partial charge in [-0.25, -0.2) is 9.59 Å². The minimum atomic E-state index is -2.03. The first-order valence-electron chi connectivity index (χ1n) is 28.5. The minimum absolute atomic E-state index is 0.0633. The molecule has 0 aromatic carbocycles. The van der Waals surface area contributed by atoms with Crippen LogP contribution in [0, 0.1) is 0 Å². The van der Waals surface area contributed by atoms with Crippen LogP contribution in [-0.4, -0.2) is 82.5 Å². The fourth-order valence-corrected chi connectivity index (χ4v) is 18.1. The Morgan fingerprint density at radius 1 is 0.831 bits per heavy atom. The van der Waals surface area contributed by atoms with Crippen LogP contribution in [0.15, 0.2) is 29.6 Å². The van der Waals surface area contributed by atoms with E-state index in [1.807, 2.05) is 0 Å². The quantitative estimate of drug-likeness (QED) is 0.0275. The molecule has 3 unspecified atom stereocenters. The number of aromatic nitrogens is 2. The number of esters is 2. The van der Waals surface area contributed by atoms with Crippen molar-refractivity contribution in [2.45, 2.75) is 283 Å². The van der Waals surface area contributed by atoms with E-state index < -0.39 is 22.4 Å². The van der Waals surface area contributed by atoms with E-state index in [-0.39, 0.29) is 40.9 Å². The van der Waals surface area contributed by atoms with E-state index in [9.17, 15) is 14.4 Å². The molecule has 0 N–H and O–H groups in total. The molecule has 2 aliphatic heterocycles. The van der Waals surface area contributed by atoms with Crippen molar-refractivity contribution in [1.82, 2.24) is 9.55 Å². The Labute approximate surface area is 435 Å². The largest absolute Gasteiger partial charge is 0.462 e. The molecule has 0 spiro atoms. The Bertz CT molecular complexity index is 1790. The number of carbonyl (C=O) groups is 2. The SMILES string of the molecule is C=CCOC(=O)CCCCCCCCCCCCCCCOC(=O)c1c(CCCC(C)O[Si](C)(C)C(C)(C)C)nc(=O)n2c1CCC2CC1(CCC=CC(CC)O[Si](C(C)C)(C(C)C)C(C)C)OCCO1. The van der Waals surface area contributed by atoms with Crippen LogP contribution in [0.4, 0.5) is 0 Å². The zero-order valence-electron chi connectivity index (χ0n) is 47.6. The third-order valence-corrected chi connectivity index (χ3v) is 26.6. The number of allylic oxidation sites excluding steroid dienone is 1. The molecule has 1 aromatic heterocycles. The van der Waals surface area contributed by atoms with Gasteiger partial charge in [0.2, 0.25) is 8.32 Å². The van der Waals surface area contributed by atoms with Crippen molar-refractivity contribution in [2.24, 2.45) is 0 Å². The number of carbonyl (C=O) groups excluding carboxylic acids is 2. The van der Waals surface area contributed by atoms with E-state index in [0.717, 1.165) is 63.5 Å². The molecule has 1 fully saturated rings. The van der Waals surface area contributed by atoms with Gasteiger partial charge in [0.15, 0.2) is 14.1 Å². The number of rotatable bonds is 37. The van der Waals surface area contributed by atoms with Crippen LogP contribution in [0.25, 0.3) is 0 Å². The summed E-state index contributed by atoms with van der Waals surface area (Å²) in [5, 5.41) is 0.110. The highest BCUT2D eigenvalue weighted by molar-refractivity contribution is 6.77. The first-order chi connectivity index (χ1) is 33.6. The van der Waals surface area contributed by atoms with E-state index in [4.69, 9.17) is 27.8 Å². The van der Waals surface area contributed by atoms with Crippen LogP contribution in [0.5, 0.6) is 0 Å². The average Bonchev–Trinajstić information content (AvgIpc) is 3.94. The van der Waals surface area contributed by atoms with Crippen molar-refractivity contribution < 1.29 is 37.4 Å². The van der Waals surface area contributed by atoms with Crippen molar-refractivity contribution in [3.8, 4) is 0 Å². The molecular weight excluding hydrogens is 925 g/mol. The highest BCUT2D eigenvalue weighted by atomic mass is 28.4. The van der Waals surface area contributed by atoms with Crippen molar-refractivity contribution in [3.63, 3.8) is 0 Å². The highest BCUT2D eigenvalue weighted by Crippen LogP contribution is 2.44. The third kappa shape index (κ3) is 20.0. The molecular formula is C58H104N2O9Si2. The number of nitrogens with zero attached hydrogens (tertiary/aromatic N) is 2. The van der Waals surface area contributed by atoms with Crippen LogP contribution in [0.1, 0.15) is 239 Å². The second-order valence-corrected chi connectivity index (χ2v) is 33.6. The van der Waals surface area contributed by atoms with Crippen molar-refractivity contribution in [1.29, 1.82) is 0 Å². The van der Waals surface area contributed by atoms with Gasteiger partial charge in [0, 0.05) is 37.1 Å². The van der Waals surface area contributed by atoms with Gasteiger partial charge in [-0.1, -0.05) is 165 Å². The Morgan fingerprint density at radius 3 is 1.93 bits per heavy atom. The Kier molecular flexibility index (Phi) is 27.9. The molecule has 0 radical (unpaired) electrons. The summed E-state index contributed by atoms with van der Waals surface area (Å²) in [7, 11) is -3.98. The maximum atomic E-state index is 14.2. The maximum absolute atomic E-state index is 14.2. The number of hydrogen-bond donors (Lipinski definition) is 0. The lowest BCUT2D eigenvalue weighted by Gasteiger charge is -2.44. The number of unbranched alkanes of at least 4 members (excludes halogenated alkanes) is 12. The molecule has 0 saturated carbocycles.